The van der Waals surface area contributed by atoms with Gasteiger partial charge in [-0.05, 0) is 13.0 Å². The first kappa shape index (κ1) is 10.0. The van der Waals surface area contributed by atoms with Crippen LogP contribution in [0.25, 0.3) is 0 Å². The zero-order valence-electron chi connectivity index (χ0n) is 6.16. The van der Waals surface area contributed by atoms with E-state index in [4.69, 9.17) is 14.6 Å². The van der Waals surface area contributed by atoms with Gasteiger partial charge in [-0.2, -0.15) is 0 Å². The van der Waals surface area contributed by atoms with Gasteiger partial charge in [0.15, 0.2) is 0 Å². The van der Waals surface area contributed by atoms with Crippen molar-refractivity contribution in [3.63, 3.8) is 0 Å². The summed E-state index contributed by atoms with van der Waals surface area (Å²) in [4.78, 5) is 0. The van der Waals surface area contributed by atoms with Crippen LogP contribution in [0.1, 0.15) is 12.5 Å². The van der Waals surface area contributed by atoms with Crippen LogP contribution in [0.5, 0.6) is 0 Å². The zero-order valence-corrected chi connectivity index (χ0v) is 6.98. The molecule has 0 amide bonds. The Bertz CT molecular complexity index is 208. The van der Waals surface area contributed by atoms with Crippen LogP contribution in [0, 0.1) is 5.41 Å². The maximum atomic E-state index is 7.26. The molecule has 0 aliphatic rings. The summed E-state index contributed by atoms with van der Waals surface area (Å²) in [6.45, 7) is 2.36. The van der Waals surface area contributed by atoms with E-state index >= 15 is 0 Å². The molecule has 0 aliphatic carbocycles. The van der Waals surface area contributed by atoms with Crippen molar-refractivity contribution in [1.29, 1.82) is 5.41 Å². The Morgan fingerprint density at radius 3 is 2.91 bits per heavy atom. The predicted octanol–water partition coefficient (Wildman–Crippen LogP) is 2.06. The van der Waals surface area contributed by atoms with E-state index in [1.807, 2.05) is 6.92 Å². The Balaban J connectivity index is 0.000001000. The number of hydrogen-bond acceptors (Lipinski definition) is 3. The van der Waals surface area contributed by atoms with Gasteiger partial charge < -0.3 is 9.15 Å². The predicted molar refractivity (Wildman–Crippen MR) is 44.4 cm³/mol. The fraction of sp³-hybridized carbons (Fsp3) is 0.286. The van der Waals surface area contributed by atoms with Gasteiger partial charge in [0.2, 0.25) is 5.90 Å². The first-order valence-electron chi connectivity index (χ1n) is 3.08. The maximum Gasteiger partial charge on any atom is 0.216 e. The van der Waals surface area contributed by atoms with Crippen molar-refractivity contribution in [3.8, 4) is 0 Å². The molecular weight excluding hydrogens is 166 g/mol. The second-order valence-electron chi connectivity index (χ2n) is 1.77. The Morgan fingerprint density at radius 2 is 2.45 bits per heavy atom. The van der Waals surface area contributed by atoms with E-state index in [9.17, 15) is 0 Å². The molecule has 1 N–H and O–H groups in total. The molecule has 0 fully saturated rings. The highest BCUT2D eigenvalue weighted by atomic mass is 35.5. The molecule has 0 aliphatic heterocycles. The lowest BCUT2D eigenvalue weighted by Gasteiger charge is -1.99. The van der Waals surface area contributed by atoms with Gasteiger partial charge in [-0.3, -0.25) is 5.41 Å². The summed E-state index contributed by atoms with van der Waals surface area (Å²) in [5.41, 5.74) is 0.682. The maximum absolute atomic E-state index is 7.26. The van der Waals surface area contributed by atoms with Crippen molar-refractivity contribution in [2.75, 3.05) is 6.61 Å². The van der Waals surface area contributed by atoms with Gasteiger partial charge in [-0.1, -0.05) is 0 Å². The molecule has 1 rings (SSSR count). The van der Waals surface area contributed by atoms with Crippen molar-refractivity contribution < 1.29 is 9.15 Å². The van der Waals surface area contributed by atoms with Gasteiger partial charge >= 0.3 is 0 Å². The van der Waals surface area contributed by atoms with Crippen LogP contribution < -0.4 is 0 Å². The van der Waals surface area contributed by atoms with E-state index in [-0.39, 0.29) is 18.3 Å². The number of halogens is 1. The molecule has 0 atom stereocenters. The minimum absolute atomic E-state index is 0. The molecule has 1 aromatic heterocycles. The number of furan rings is 1. The van der Waals surface area contributed by atoms with Gasteiger partial charge in [0.25, 0.3) is 0 Å². The van der Waals surface area contributed by atoms with E-state index < -0.39 is 0 Å². The van der Waals surface area contributed by atoms with Gasteiger partial charge in [-0.15, -0.1) is 12.4 Å². The van der Waals surface area contributed by atoms with E-state index in [2.05, 4.69) is 0 Å². The van der Waals surface area contributed by atoms with Crippen LogP contribution in [0.3, 0.4) is 0 Å². The summed E-state index contributed by atoms with van der Waals surface area (Å²) in [6, 6.07) is 1.69. The highest BCUT2D eigenvalue weighted by Gasteiger charge is 2.00. The zero-order chi connectivity index (χ0) is 7.40. The number of ether oxygens (including phenoxy) is 1. The Morgan fingerprint density at radius 1 is 1.73 bits per heavy atom. The molecule has 62 valence electrons. The SMILES string of the molecule is CCOC(=N)c1ccoc1.Cl. The Hall–Kier alpha value is -0.960. The number of nitrogens with one attached hydrogen (secondary N) is 1. The summed E-state index contributed by atoms with van der Waals surface area (Å²) in [6.07, 6.45) is 3.00. The number of rotatable bonds is 2. The largest absolute Gasteiger partial charge is 0.478 e. The molecule has 0 saturated heterocycles. The molecule has 0 saturated carbocycles. The van der Waals surface area contributed by atoms with Crippen molar-refractivity contribution >= 4 is 18.3 Å². The fourth-order valence-electron chi connectivity index (χ4n) is 0.621. The molecule has 1 aromatic rings. The van der Waals surface area contributed by atoms with Crippen LogP contribution in [-0.2, 0) is 4.74 Å². The van der Waals surface area contributed by atoms with Crippen molar-refractivity contribution in [2.24, 2.45) is 0 Å². The lowest BCUT2D eigenvalue weighted by Crippen LogP contribution is -2.02. The third-order valence-electron chi connectivity index (χ3n) is 1.07. The molecule has 0 radical (unpaired) electrons. The highest BCUT2D eigenvalue weighted by Crippen LogP contribution is 2.01. The molecule has 1 heterocycles. The molecule has 4 heteroatoms. The smallest absolute Gasteiger partial charge is 0.216 e. The topological polar surface area (TPSA) is 46.2 Å². The molecule has 0 spiro atoms. The quantitative estimate of drug-likeness (QED) is 0.553. The number of hydrogen-bond donors (Lipinski definition) is 1. The molecule has 0 unspecified atom stereocenters. The molecular formula is C7H10ClNO2. The standard InChI is InChI=1S/C7H9NO2.ClH/c1-2-10-7(8)6-3-4-9-5-6;/h3-5,8H,2H2,1H3;1H. The van der Waals surface area contributed by atoms with Crippen molar-refractivity contribution in [2.45, 2.75) is 6.92 Å². The van der Waals surface area contributed by atoms with E-state index in [0.717, 1.165) is 0 Å². The molecule has 0 bridgehead atoms. The summed E-state index contributed by atoms with van der Waals surface area (Å²) in [5, 5.41) is 7.26. The van der Waals surface area contributed by atoms with E-state index in [1.54, 1.807) is 6.07 Å². The van der Waals surface area contributed by atoms with Crippen molar-refractivity contribution in [1.82, 2.24) is 0 Å². The monoisotopic (exact) mass is 175 g/mol. The Labute approximate surface area is 71.3 Å². The van der Waals surface area contributed by atoms with Gasteiger partial charge in [0.1, 0.15) is 6.26 Å². The van der Waals surface area contributed by atoms with Crippen molar-refractivity contribution in [3.05, 3.63) is 24.2 Å². The van der Waals surface area contributed by atoms with E-state index in [0.29, 0.717) is 12.2 Å². The van der Waals surface area contributed by atoms with Crippen LogP contribution >= 0.6 is 12.4 Å². The van der Waals surface area contributed by atoms with Gasteiger partial charge in [-0.25, -0.2) is 0 Å². The van der Waals surface area contributed by atoms with Gasteiger partial charge in [0, 0.05) is 0 Å². The lowest BCUT2D eigenvalue weighted by molar-refractivity contribution is 0.325. The van der Waals surface area contributed by atoms with Crippen LogP contribution in [-0.4, -0.2) is 12.5 Å². The Kier molecular flexibility index (Phi) is 4.38. The summed E-state index contributed by atoms with van der Waals surface area (Å²) in [7, 11) is 0. The average molecular weight is 176 g/mol. The lowest BCUT2D eigenvalue weighted by atomic mass is 10.3. The van der Waals surface area contributed by atoms with E-state index in [1.165, 1.54) is 12.5 Å². The first-order valence-corrected chi connectivity index (χ1v) is 3.08. The highest BCUT2D eigenvalue weighted by molar-refractivity contribution is 5.90. The van der Waals surface area contributed by atoms with Gasteiger partial charge in [0.05, 0.1) is 18.4 Å². The minimum atomic E-state index is 0. The third kappa shape index (κ3) is 2.63. The average Bonchev–Trinajstić information content (AvgIpc) is 2.38. The fourth-order valence-corrected chi connectivity index (χ4v) is 0.621. The molecule has 3 nitrogen and oxygen atoms in total. The summed E-state index contributed by atoms with van der Waals surface area (Å²) in [5.74, 6) is 0.163. The summed E-state index contributed by atoms with van der Waals surface area (Å²) >= 11 is 0. The van der Waals surface area contributed by atoms with Crippen LogP contribution in [0.15, 0.2) is 23.0 Å². The normalized spacial score (nSPS) is 8.45. The minimum Gasteiger partial charge on any atom is -0.478 e. The van der Waals surface area contributed by atoms with Crippen LogP contribution in [0.2, 0.25) is 0 Å². The molecule has 0 aromatic carbocycles. The third-order valence-corrected chi connectivity index (χ3v) is 1.07. The first-order chi connectivity index (χ1) is 4.84. The van der Waals surface area contributed by atoms with Crippen LogP contribution in [0.4, 0.5) is 0 Å². The molecule has 11 heavy (non-hydrogen) atoms. The summed E-state index contributed by atoms with van der Waals surface area (Å²) < 4.78 is 9.67. The second kappa shape index (κ2) is 4.79. The second-order valence-corrected chi connectivity index (χ2v) is 1.77.